The number of hydrogen-bond acceptors (Lipinski definition) is 5. The van der Waals surface area contributed by atoms with Gasteiger partial charge in [-0.2, -0.15) is 9.67 Å². The maximum absolute atomic E-state index is 11.9. The van der Waals surface area contributed by atoms with Crippen LogP contribution in [-0.2, 0) is 4.79 Å². The van der Waals surface area contributed by atoms with Gasteiger partial charge >= 0.3 is 6.01 Å². The molecule has 1 amide bonds. The van der Waals surface area contributed by atoms with Gasteiger partial charge in [-0.05, 0) is 5.92 Å². The molecule has 1 aromatic heterocycles. The zero-order valence-corrected chi connectivity index (χ0v) is 9.22. The van der Waals surface area contributed by atoms with Crippen LogP contribution in [-0.4, -0.2) is 33.7 Å². The van der Waals surface area contributed by atoms with E-state index in [0.29, 0.717) is 0 Å². The van der Waals surface area contributed by atoms with Gasteiger partial charge in [-0.25, -0.2) is 0 Å². The molecule has 0 aliphatic carbocycles. The van der Waals surface area contributed by atoms with Crippen LogP contribution >= 0.6 is 0 Å². The Morgan fingerprint density at radius 1 is 1.44 bits per heavy atom. The Morgan fingerprint density at radius 3 is 2.69 bits per heavy atom. The fourth-order valence-electron chi connectivity index (χ4n) is 1.63. The van der Waals surface area contributed by atoms with Crippen LogP contribution < -0.4 is 10.1 Å². The number of fused-ring (bicyclic) bond motifs is 1. The Hall–Kier alpha value is -1.92. The van der Waals surface area contributed by atoms with Crippen molar-refractivity contribution in [2.45, 2.75) is 13.8 Å². The molecule has 0 radical (unpaired) electrons. The molecule has 7 heteroatoms. The number of anilines is 1. The molecule has 0 saturated carbocycles. The van der Waals surface area contributed by atoms with Crippen molar-refractivity contribution < 1.29 is 14.3 Å². The third-order valence-corrected chi connectivity index (χ3v) is 2.43. The first-order chi connectivity index (χ1) is 7.54. The van der Waals surface area contributed by atoms with E-state index in [-0.39, 0.29) is 29.7 Å². The maximum Gasteiger partial charge on any atom is 0.337 e. The molecule has 0 fully saturated rings. The summed E-state index contributed by atoms with van der Waals surface area (Å²) in [6, 6.07) is 0.0630. The third kappa shape index (κ3) is 1.44. The summed E-state index contributed by atoms with van der Waals surface area (Å²) < 4.78 is 5.87. The van der Waals surface area contributed by atoms with Gasteiger partial charge in [0, 0.05) is 0 Å². The molecule has 0 aromatic carbocycles. The average Bonchev–Trinajstić information content (AvgIpc) is 2.60. The SMILES string of the molecule is COc1nc2n(n1)C(=O)C(C(C)C)C(=O)N2. The molecule has 16 heavy (non-hydrogen) atoms. The minimum Gasteiger partial charge on any atom is -0.466 e. The number of rotatable bonds is 2. The van der Waals surface area contributed by atoms with Gasteiger partial charge in [0.05, 0.1) is 7.11 Å². The van der Waals surface area contributed by atoms with Gasteiger partial charge in [-0.15, -0.1) is 5.10 Å². The number of nitrogens with zero attached hydrogens (tertiary/aromatic N) is 3. The van der Waals surface area contributed by atoms with E-state index in [1.54, 1.807) is 13.8 Å². The summed E-state index contributed by atoms with van der Waals surface area (Å²) in [5.74, 6) is -1.41. The monoisotopic (exact) mass is 224 g/mol. The third-order valence-electron chi connectivity index (χ3n) is 2.43. The molecule has 0 bridgehead atoms. The topological polar surface area (TPSA) is 86.1 Å². The molecule has 0 saturated heterocycles. The highest BCUT2D eigenvalue weighted by molar-refractivity contribution is 6.10. The smallest absolute Gasteiger partial charge is 0.337 e. The van der Waals surface area contributed by atoms with Gasteiger partial charge in [0.1, 0.15) is 5.92 Å². The number of aromatic nitrogens is 3. The molecule has 1 N–H and O–H groups in total. The molecule has 1 aromatic rings. The average molecular weight is 224 g/mol. The van der Waals surface area contributed by atoms with Crippen LogP contribution in [0.15, 0.2) is 0 Å². The van der Waals surface area contributed by atoms with Crippen molar-refractivity contribution in [2.75, 3.05) is 12.4 Å². The van der Waals surface area contributed by atoms with E-state index in [1.807, 2.05) is 0 Å². The molecule has 1 aliphatic rings. The standard InChI is InChI=1S/C9H12N4O3/c1-4(2)5-6(14)10-8-11-9(16-3)12-13(8)7(5)15/h4-5H,1-3H3,(H,10,11,12,14). The first-order valence-corrected chi connectivity index (χ1v) is 4.90. The Bertz CT molecular complexity index is 452. The molecule has 1 aliphatic heterocycles. The zero-order valence-electron chi connectivity index (χ0n) is 9.22. The lowest BCUT2D eigenvalue weighted by molar-refractivity contribution is -0.120. The fraction of sp³-hybridized carbons (Fsp3) is 0.556. The van der Waals surface area contributed by atoms with E-state index < -0.39 is 5.92 Å². The van der Waals surface area contributed by atoms with Crippen LogP contribution in [0.25, 0.3) is 0 Å². The number of ether oxygens (including phenoxy) is 1. The molecule has 7 nitrogen and oxygen atoms in total. The molecule has 2 heterocycles. The molecule has 0 spiro atoms. The van der Waals surface area contributed by atoms with Crippen molar-refractivity contribution >= 4 is 17.8 Å². The van der Waals surface area contributed by atoms with Gasteiger partial charge in [0.15, 0.2) is 0 Å². The lowest BCUT2D eigenvalue weighted by Gasteiger charge is -2.22. The van der Waals surface area contributed by atoms with E-state index >= 15 is 0 Å². The van der Waals surface area contributed by atoms with E-state index in [4.69, 9.17) is 4.74 Å². The van der Waals surface area contributed by atoms with Crippen molar-refractivity contribution in [3.8, 4) is 6.01 Å². The Morgan fingerprint density at radius 2 is 2.12 bits per heavy atom. The van der Waals surface area contributed by atoms with Gasteiger partial charge < -0.3 is 4.74 Å². The number of carbonyl (C=O) groups excluding carboxylic acids is 2. The summed E-state index contributed by atoms with van der Waals surface area (Å²) in [6.07, 6.45) is 0. The summed E-state index contributed by atoms with van der Waals surface area (Å²) in [7, 11) is 1.40. The first kappa shape index (κ1) is 10.6. The predicted octanol–water partition coefficient (Wildman–Crippen LogP) is 0.151. The fourth-order valence-corrected chi connectivity index (χ4v) is 1.63. The van der Waals surface area contributed by atoms with Gasteiger partial charge in [-0.3, -0.25) is 14.9 Å². The zero-order chi connectivity index (χ0) is 11.9. The Labute approximate surface area is 91.8 Å². The minimum atomic E-state index is -0.723. The number of amides is 1. The molecular weight excluding hydrogens is 212 g/mol. The highest BCUT2D eigenvalue weighted by Gasteiger charge is 2.38. The summed E-state index contributed by atoms with van der Waals surface area (Å²) >= 11 is 0. The van der Waals surface area contributed by atoms with Crippen molar-refractivity contribution in [3.63, 3.8) is 0 Å². The number of carbonyl (C=O) groups is 2. The summed E-state index contributed by atoms with van der Waals surface area (Å²) in [6.45, 7) is 3.61. The summed E-state index contributed by atoms with van der Waals surface area (Å²) in [5, 5.41) is 6.36. The number of methoxy groups -OCH3 is 1. The second kappa shape index (κ2) is 3.58. The van der Waals surface area contributed by atoms with Gasteiger partial charge in [0.2, 0.25) is 11.9 Å². The van der Waals surface area contributed by atoms with Crippen LogP contribution in [0.3, 0.4) is 0 Å². The van der Waals surface area contributed by atoms with E-state index in [0.717, 1.165) is 4.68 Å². The van der Waals surface area contributed by atoms with Crippen molar-refractivity contribution in [1.82, 2.24) is 14.8 Å². The number of nitrogens with one attached hydrogen (secondary N) is 1. The van der Waals surface area contributed by atoms with Gasteiger partial charge in [-0.1, -0.05) is 13.8 Å². The van der Waals surface area contributed by atoms with Crippen LogP contribution in [0.5, 0.6) is 6.01 Å². The maximum atomic E-state index is 11.9. The molecule has 1 atom stereocenters. The van der Waals surface area contributed by atoms with Gasteiger partial charge in [0.25, 0.3) is 5.91 Å². The second-order valence-corrected chi connectivity index (χ2v) is 3.88. The Balaban J connectivity index is 2.43. The van der Waals surface area contributed by atoms with Crippen molar-refractivity contribution in [1.29, 1.82) is 0 Å². The van der Waals surface area contributed by atoms with E-state index in [9.17, 15) is 9.59 Å². The lowest BCUT2D eigenvalue weighted by Crippen LogP contribution is -2.42. The lowest BCUT2D eigenvalue weighted by atomic mass is 9.93. The van der Waals surface area contributed by atoms with Crippen molar-refractivity contribution in [3.05, 3.63) is 0 Å². The quantitative estimate of drug-likeness (QED) is 0.723. The first-order valence-electron chi connectivity index (χ1n) is 4.90. The van der Waals surface area contributed by atoms with Crippen LogP contribution in [0.1, 0.15) is 18.6 Å². The normalized spacial score (nSPS) is 19.6. The molecular formula is C9H12N4O3. The summed E-state index contributed by atoms with van der Waals surface area (Å²) in [5.41, 5.74) is 0. The highest BCUT2D eigenvalue weighted by atomic mass is 16.5. The van der Waals surface area contributed by atoms with Crippen LogP contribution in [0.4, 0.5) is 5.95 Å². The second-order valence-electron chi connectivity index (χ2n) is 3.88. The molecule has 1 unspecified atom stereocenters. The predicted molar refractivity (Wildman–Crippen MR) is 54.2 cm³/mol. The number of hydrogen-bond donors (Lipinski definition) is 1. The highest BCUT2D eigenvalue weighted by Crippen LogP contribution is 2.23. The van der Waals surface area contributed by atoms with Crippen LogP contribution in [0, 0.1) is 11.8 Å². The van der Waals surface area contributed by atoms with Crippen LogP contribution in [0.2, 0.25) is 0 Å². The minimum absolute atomic E-state index is 0.0630. The molecule has 2 rings (SSSR count). The molecule has 86 valence electrons. The van der Waals surface area contributed by atoms with E-state index in [1.165, 1.54) is 7.11 Å². The van der Waals surface area contributed by atoms with E-state index in [2.05, 4.69) is 15.4 Å². The largest absolute Gasteiger partial charge is 0.466 e. The van der Waals surface area contributed by atoms with Crippen molar-refractivity contribution in [2.24, 2.45) is 11.8 Å². The Kier molecular flexibility index (Phi) is 2.37. The summed E-state index contributed by atoms with van der Waals surface area (Å²) in [4.78, 5) is 27.4.